The van der Waals surface area contributed by atoms with E-state index in [0.29, 0.717) is 6.42 Å². The van der Waals surface area contributed by atoms with E-state index in [1.807, 2.05) is 0 Å². The van der Waals surface area contributed by atoms with Gasteiger partial charge in [-0.2, -0.15) is 8.42 Å². The molecule has 0 saturated heterocycles. The van der Waals surface area contributed by atoms with Gasteiger partial charge in [0.05, 0.1) is 6.61 Å². The Bertz CT molecular complexity index is 496. The second-order valence-corrected chi connectivity index (χ2v) is 10.2. The van der Waals surface area contributed by atoms with Crippen LogP contribution in [0.25, 0.3) is 0 Å². The average Bonchev–Trinajstić information content (AvgIpc) is 2.69. The zero-order valence-corrected chi connectivity index (χ0v) is 23.5. The molecule has 0 aromatic carbocycles. The Morgan fingerprint density at radius 1 is 0.677 bits per heavy atom. The molecule has 1 radical (unpaired) electrons. The summed E-state index contributed by atoms with van der Waals surface area (Å²) >= 11 is 0. The van der Waals surface area contributed by atoms with Crippen LogP contribution in [-0.2, 0) is 19.6 Å². The van der Waals surface area contributed by atoms with Gasteiger partial charge < -0.3 is 4.74 Å². The van der Waals surface area contributed by atoms with Crippen LogP contribution in [0.5, 0.6) is 0 Å². The Morgan fingerprint density at radius 3 is 1.29 bits per heavy atom. The quantitative estimate of drug-likeness (QED) is 0.0807. The molecule has 5 nitrogen and oxygen atoms in total. The molecule has 1 unspecified atom stereocenters. The van der Waals surface area contributed by atoms with Crippen molar-refractivity contribution in [3.63, 3.8) is 0 Å². The van der Waals surface area contributed by atoms with Crippen molar-refractivity contribution >= 4 is 45.6 Å². The summed E-state index contributed by atoms with van der Waals surface area (Å²) in [4.78, 5) is 11.6. The molecule has 0 amide bonds. The Balaban J connectivity index is 0. The van der Waals surface area contributed by atoms with E-state index in [1.54, 1.807) is 6.92 Å². The number of unbranched alkanes of at least 4 members (excludes halogenated alkanes) is 17. The first kappa shape index (κ1) is 33.6. The van der Waals surface area contributed by atoms with Crippen molar-refractivity contribution in [2.75, 3.05) is 6.61 Å². The van der Waals surface area contributed by atoms with Crippen molar-refractivity contribution in [2.45, 2.75) is 141 Å². The smallest absolute Gasteiger partial charge is 0.326 e. The minimum absolute atomic E-state index is 0. The number of carbonyl (C=O) groups excluding carboxylic acids is 1. The third kappa shape index (κ3) is 22.0. The van der Waals surface area contributed by atoms with Gasteiger partial charge in [0.25, 0.3) is 10.1 Å². The Labute approximate surface area is 214 Å². The van der Waals surface area contributed by atoms with E-state index in [0.717, 1.165) is 19.3 Å². The monoisotopic (exact) mass is 471 g/mol. The van der Waals surface area contributed by atoms with Crippen molar-refractivity contribution in [3.8, 4) is 0 Å². The fourth-order valence-corrected chi connectivity index (χ4v) is 4.63. The van der Waals surface area contributed by atoms with E-state index in [1.165, 1.54) is 89.9 Å². The molecule has 7 heteroatoms. The standard InChI is InChI=1S/C24H48O5S.Na/c1-3-5-6-7-8-9-10-11-12-13-14-15-16-17-18-19-20-21-22-23(30(26,27)28)24(25)29-4-2;/h23H,3-22H2,1-2H3,(H,26,27,28);. The number of ether oxygens (including phenoxy) is 1. The Morgan fingerprint density at radius 2 is 1.00 bits per heavy atom. The molecule has 0 spiro atoms. The van der Waals surface area contributed by atoms with Crippen molar-refractivity contribution in [1.82, 2.24) is 0 Å². The number of hydrogen-bond donors (Lipinski definition) is 1. The molecule has 0 heterocycles. The van der Waals surface area contributed by atoms with Gasteiger partial charge in [0, 0.05) is 29.6 Å². The fraction of sp³-hybridized carbons (Fsp3) is 0.958. The summed E-state index contributed by atoms with van der Waals surface area (Å²) in [5.74, 6) is -0.841. The van der Waals surface area contributed by atoms with Gasteiger partial charge in [-0.15, -0.1) is 0 Å². The maximum absolute atomic E-state index is 11.6. The summed E-state index contributed by atoms with van der Waals surface area (Å²) in [6.45, 7) is 4.00. The predicted molar refractivity (Wildman–Crippen MR) is 131 cm³/mol. The molecule has 0 bridgehead atoms. The third-order valence-corrected chi connectivity index (χ3v) is 6.88. The minimum atomic E-state index is -4.38. The molecule has 0 aliphatic carbocycles. The van der Waals surface area contributed by atoms with E-state index < -0.39 is 21.3 Å². The molecule has 0 fully saturated rings. The second kappa shape index (κ2) is 23.5. The van der Waals surface area contributed by atoms with Gasteiger partial charge >= 0.3 is 5.97 Å². The van der Waals surface area contributed by atoms with E-state index in [2.05, 4.69) is 6.92 Å². The molecular formula is C24H48NaO5S. The molecule has 0 aliphatic heterocycles. The molecule has 0 aliphatic rings. The third-order valence-electron chi connectivity index (χ3n) is 5.73. The summed E-state index contributed by atoms with van der Waals surface area (Å²) < 4.78 is 36.6. The number of hydrogen-bond acceptors (Lipinski definition) is 4. The van der Waals surface area contributed by atoms with Crippen LogP contribution in [0, 0.1) is 0 Å². The van der Waals surface area contributed by atoms with Crippen LogP contribution in [0.3, 0.4) is 0 Å². The van der Waals surface area contributed by atoms with Crippen LogP contribution in [0.2, 0.25) is 0 Å². The molecule has 0 rings (SSSR count). The topological polar surface area (TPSA) is 80.7 Å². The minimum Gasteiger partial charge on any atom is -0.465 e. The maximum atomic E-state index is 11.6. The summed E-state index contributed by atoms with van der Waals surface area (Å²) in [6, 6.07) is 0. The number of esters is 1. The van der Waals surface area contributed by atoms with Crippen LogP contribution in [-0.4, -0.2) is 60.4 Å². The van der Waals surface area contributed by atoms with Crippen LogP contribution >= 0.6 is 0 Å². The molecule has 0 saturated carbocycles. The van der Waals surface area contributed by atoms with Gasteiger partial charge in [0.2, 0.25) is 0 Å². The Kier molecular flexibility index (Phi) is 25.5. The molecule has 0 aromatic rings. The summed E-state index contributed by atoms with van der Waals surface area (Å²) in [7, 11) is -4.38. The largest absolute Gasteiger partial charge is 0.465 e. The summed E-state index contributed by atoms with van der Waals surface area (Å²) in [6.07, 6.45) is 22.9. The van der Waals surface area contributed by atoms with Crippen LogP contribution < -0.4 is 0 Å². The zero-order chi connectivity index (χ0) is 22.5. The van der Waals surface area contributed by atoms with E-state index in [-0.39, 0.29) is 42.6 Å². The normalized spacial score (nSPS) is 12.4. The number of carbonyl (C=O) groups is 1. The van der Waals surface area contributed by atoms with E-state index in [4.69, 9.17) is 4.74 Å². The van der Waals surface area contributed by atoms with Crippen molar-refractivity contribution in [2.24, 2.45) is 0 Å². The van der Waals surface area contributed by atoms with Crippen LogP contribution in [0.1, 0.15) is 136 Å². The van der Waals surface area contributed by atoms with Gasteiger partial charge in [0.1, 0.15) is 0 Å². The average molecular weight is 472 g/mol. The fourth-order valence-electron chi connectivity index (χ4n) is 3.85. The van der Waals surface area contributed by atoms with Crippen molar-refractivity contribution < 1.29 is 22.5 Å². The first-order valence-electron chi connectivity index (χ1n) is 12.6. The molecule has 31 heavy (non-hydrogen) atoms. The molecule has 181 valence electrons. The molecule has 1 atom stereocenters. The maximum Gasteiger partial charge on any atom is 0.326 e. The summed E-state index contributed by atoms with van der Waals surface area (Å²) in [5.41, 5.74) is 0. The predicted octanol–water partition coefficient (Wildman–Crippen LogP) is 6.86. The molecule has 0 aromatic heterocycles. The van der Waals surface area contributed by atoms with Gasteiger partial charge in [-0.3, -0.25) is 9.35 Å². The SMILES string of the molecule is CCCCCCCCCCCCCCCCCCCCC(C(=O)OCC)S(=O)(=O)O.[Na]. The van der Waals surface area contributed by atoms with E-state index >= 15 is 0 Å². The first-order chi connectivity index (χ1) is 14.4. The van der Waals surface area contributed by atoms with E-state index in [9.17, 15) is 17.8 Å². The number of rotatable bonds is 22. The van der Waals surface area contributed by atoms with Gasteiger partial charge in [-0.05, 0) is 13.3 Å². The van der Waals surface area contributed by atoms with Crippen molar-refractivity contribution in [3.05, 3.63) is 0 Å². The molecular weight excluding hydrogens is 423 g/mol. The van der Waals surface area contributed by atoms with Crippen molar-refractivity contribution in [1.29, 1.82) is 0 Å². The Hall–Kier alpha value is 0.380. The summed E-state index contributed by atoms with van der Waals surface area (Å²) in [5, 5.41) is -1.43. The zero-order valence-electron chi connectivity index (χ0n) is 20.7. The van der Waals surface area contributed by atoms with Gasteiger partial charge in [0.15, 0.2) is 5.25 Å². The second-order valence-electron chi connectivity index (χ2n) is 8.55. The van der Waals surface area contributed by atoms with Gasteiger partial charge in [-0.1, -0.05) is 122 Å². The molecule has 1 N–H and O–H groups in total. The van der Waals surface area contributed by atoms with Crippen LogP contribution in [0.15, 0.2) is 0 Å². The first-order valence-corrected chi connectivity index (χ1v) is 14.1. The van der Waals surface area contributed by atoms with Gasteiger partial charge in [-0.25, -0.2) is 0 Å². The van der Waals surface area contributed by atoms with Crippen LogP contribution in [0.4, 0.5) is 0 Å².